The summed E-state index contributed by atoms with van der Waals surface area (Å²) in [6.45, 7) is 4.10. The third-order valence-electron chi connectivity index (χ3n) is 3.67. The third kappa shape index (κ3) is 4.18. The highest BCUT2D eigenvalue weighted by Gasteiger charge is 2.16. The lowest BCUT2D eigenvalue weighted by molar-refractivity contribution is 0.202. The van der Waals surface area contributed by atoms with Gasteiger partial charge in [0.05, 0.1) is 26.8 Å². The summed E-state index contributed by atoms with van der Waals surface area (Å²) in [6.07, 6.45) is 0. The van der Waals surface area contributed by atoms with Crippen LogP contribution in [-0.4, -0.2) is 37.4 Å². The van der Waals surface area contributed by atoms with Crippen LogP contribution in [0.3, 0.4) is 0 Å². The number of carbonyl (C=O) groups is 1. The lowest BCUT2D eigenvalue weighted by Crippen LogP contribution is -2.38. The van der Waals surface area contributed by atoms with Crippen LogP contribution in [0.15, 0.2) is 28.8 Å². The van der Waals surface area contributed by atoms with E-state index in [-0.39, 0.29) is 12.1 Å². The first-order valence-electron chi connectivity index (χ1n) is 7.60. The van der Waals surface area contributed by atoms with E-state index in [2.05, 4.69) is 10.5 Å². The molecule has 0 aliphatic heterocycles. The van der Waals surface area contributed by atoms with E-state index in [9.17, 15) is 4.79 Å². The van der Waals surface area contributed by atoms with Gasteiger partial charge in [-0.15, -0.1) is 0 Å². The second-order valence-electron chi connectivity index (χ2n) is 5.57. The minimum Gasteiger partial charge on any atom is -0.493 e. The summed E-state index contributed by atoms with van der Waals surface area (Å²) in [7, 11) is 4.88. The number of aryl methyl sites for hydroxylation is 1. The molecule has 0 aliphatic carbocycles. The maximum Gasteiger partial charge on any atom is 0.317 e. The zero-order chi connectivity index (χ0) is 17.7. The number of hydrogen-bond donors (Lipinski definition) is 1. The summed E-state index contributed by atoms with van der Waals surface area (Å²) in [6, 6.07) is 7.00. The number of carbonyl (C=O) groups excluding carboxylic acids is 1. The van der Waals surface area contributed by atoms with Crippen molar-refractivity contribution in [3.8, 4) is 11.5 Å². The predicted octanol–water partition coefficient (Wildman–Crippen LogP) is 2.90. The lowest BCUT2D eigenvalue weighted by Gasteiger charge is -2.21. The van der Waals surface area contributed by atoms with Gasteiger partial charge in [-0.25, -0.2) is 4.79 Å². The number of methoxy groups -OCH3 is 2. The zero-order valence-electron chi connectivity index (χ0n) is 14.6. The molecule has 1 aromatic heterocycles. The van der Waals surface area contributed by atoms with Crippen molar-refractivity contribution in [1.82, 2.24) is 15.4 Å². The molecule has 0 fully saturated rings. The number of rotatable bonds is 6. The van der Waals surface area contributed by atoms with Crippen LogP contribution < -0.4 is 14.8 Å². The van der Waals surface area contributed by atoms with Crippen molar-refractivity contribution in [3.05, 3.63) is 41.3 Å². The predicted molar refractivity (Wildman–Crippen MR) is 89.2 cm³/mol. The summed E-state index contributed by atoms with van der Waals surface area (Å²) in [4.78, 5) is 13.9. The average Bonchev–Trinajstić information content (AvgIpc) is 2.98. The quantitative estimate of drug-likeness (QED) is 0.879. The molecule has 1 N–H and O–H groups in total. The molecule has 1 atom stereocenters. The largest absolute Gasteiger partial charge is 0.493 e. The van der Waals surface area contributed by atoms with E-state index < -0.39 is 0 Å². The van der Waals surface area contributed by atoms with Crippen molar-refractivity contribution in [3.63, 3.8) is 0 Å². The number of benzene rings is 1. The van der Waals surface area contributed by atoms with Gasteiger partial charge in [-0.2, -0.15) is 0 Å². The first-order valence-corrected chi connectivity index (χ1v) is 7.60. The normalized spacial score (nSPS) is 11.7. The van der Waals surface area contributed by atoms with E-state index in [1.54, 1.807) is 26.2 Å². The van der Waals surface area contributed by atoms with Gasteiger partial charge in [-0.05, 0) is 31.5 Å². The molecule has 2 amide bonds. The molecule has 1 unspecified atom stereocenters. The summed E-state index contributed by atoms with van der Waals surface area (Å²) in [5.74, 6) is 2.00. The second-order valence-corrected chi connectivity index (χ2v) is 5.57. The average molecular weight is 333 g/mol. The Hall–Kier alpha value is -2.70. The van der Waals surface area contributed by atoms with Crippen molar-refractivity contribution in [2.75, 3.05) is 21.3 Å². The van der Waals surface area contributed by atoms with Crippen molar-refractivity contribution in [2.45, 2.75) is 26.4 Å². The fraction of sp³-hybridized carbons (Fsp3) is 0.412. The smallest absolute Gasteiger partial charge is 0.317 e. The maximum atomic E-state index is 12.3. The molecule has 0 saturated carbocycles. The lowest BCUT2D eigenvalue weighted by atomic mass is 10.1. The number of urea groups is 1. The Morgan fingerprint density at radius 3 is 2.58 bits per heavy atom. The van der Waals surface area contributed by atoms with Crippen LogP contribution in [0.4, 0.5) is 4.79 Å². The molecular weight excluding hydrogens is 310 g/mol. The molecule has 130 valence electrons. The number of hydrogen-bond acceptors (Lipinski definition) is 5. The third-order valence-corrected chi connectivity index (χ3v) is 3.67. The van der Waals surface area contributed by atoms with Gasteiger partial charge in [0.25, 0.3) is 0 Å². The van der Waals surface area contributed by atoms with Crippen LogP contribution in [0.5, 0.6) is 11.5 Å². The van der Waals surface area contributed by atoms with E-state index in [0.29, 0.717) is 23.7 Å². The fourth-order valence-corrected chi connectivity index (χ4v) is 2.31. The number of nitrogens with one attached hydrogen (secondary N) is 1. The van der Waals surface area contributed by atoms with E-state index in [1.165, 1.54) is 0 Å². The number of amides is 2. The van der Waals surface area contributed by atoms with Gasteiger partial charge >= 0.3 is 6.03 Å². The van der Waals surface area contributed by atoms with E-state index in [1.807, 2.05) is 38.1 Å². The van der Waals surface area contributed by atoms with Gasteiger partial charge in [0, 0.05) is 13.1 Å². The highest BCUT2D eigenvalue weighted by Crippen LogP contribution is 2.29. The van der Waals surface area contributed by atoms with Crippen molar-refractivity contribution < 1.29 is 18.8 Å². The van der Waals surface area contributed by atoms with Crippen LogP contribution >= 0.6 is 0 Å². The van der Waals surface area contributed by atoms with Gasteiger partial charge in [-0.1, -0.05) is 11.2 Å². The first-order chi connectivity index (χ1) is 11.4. The molecule has 2 aromatic rings. The Morgan fingerprint density at radius 1 is 1.29 bits per heavy atom. The van der Waals surface area contributed by atoms with Crippen LogP contribution in [0, 0.1) is 6.92 Å². The number of ether oxygens (including phenoxy) is 2. The van der Waals surface area contributed by atoms with Gasteiger partial charge < -0.3 is 24.2 Å². The zero-order valence-corrected chi connectivity index (χ0v) is 14.6. The Kier molecular flexibility index (Phi) is 5.68. The molecular formula is C17H23N3O4. The highest BCUT2D eigenvalue weighted by atomic mass is 16.5. The summed E-state index contributed by atoms with van der Waals surface area (Å²) >= 11 is 0. The van der Waals surface area contributed by atoms with Gasteiger partial charge in [-0.3, -0.25) is 0 Å². The SMILES string of the molecule is COc1ccc(C(C)NC(=O)N(C)Cc2cc(C)on2)cc1OC. The molecule has 0 radical (unpaired) electrons. The molecule has 0 aliphatic rings. The summed E-state index contributed by atoms with van der Waals surface area (Å²) in [5.41, 5.74) is 1.63. The molecule has 1 aromatic carbocycles. The summed E-state index contributed by atoms with van der Waals surface area (Å²) < 4.78 is 15.5. The molecule has 1 heterocycles. The fourth-order valence-electron chi connectivity index (χ4n) is 2.31. The monoisotopic (exact) mass is 333 g/mol. The van der Waals surface area contributed by atoms with Gasteiger partial charge in [0.1, 0.15) is 11.5 Å². The van der Waals surface area contributed by atoms with Crippen molar-refractivity contribution in [2.24, 2.45) is 0 Å². The van der Waals surface area contributed by atoms with E-state index in [0.717, 1.165) is 11.3 Å². The standard InChI is InChI=1S/C17H23N3O4/c1-11-8-14(19-24-11)10-20(3)17(21)18-12(2)13-6-7-15(22-4)16(9-13)23-5/h6-9,12H,10H2,1-5H3,(H,18,21). The Bertz CT molecular complexity index is 699. The Morgan fingerprint density at radius 2 is 2.00 bits per heavy atom. The minimum atomic E-state index is -0.196. The van der Waals surface area contributed by atoms with Crippen LogP contribution in [0.2, 0.25) is 0 Å². The summed E-state index contributed by atoms with van der Waals surface area (Å²) in [5, 5.41) is 6.83. The molecule has 0 bridgehead atoms. The van der Waals surface area contributed by atoms with E-state index in [4.69, 9.17) is 14.0 Å². The van der Waals surface area contributed by atoms with Crippen molar-refractivity contribution in [1.29, 1.82) is 0 Å². The van der Waals surface area contributed by atoms with Crippen molar-refractivity contribution >= 4 is 6.03 Å². The minimum absolute atomic E-state index is 0.182. The molecule has 24 heavy (non-hydrogen) atoms. The van der Waals surface area contributed by atoms with Gasteiger partial charge in [0.2, 0.25) is 0 Å². The molecule has 7 nitrogen and oxygen atoms in total. The van der Waals surface area contributed by atoms with Gasteiger partial charge in [0.15, 0.2) is 11.5 Å². The number of nitrogens with zero attached hydrogens (tertiary/aromatic N) is 2. The van der Waals surface area contributed by atoms with Crippen LogP contribution in [-0.2, 0) is 6.54 Å². The topological polar surface area (TPSA) is 76.8 Å². The van der Waals surface area contributed by atoms with Crippen LogP contribution in [0.1, 0.15) is 30.0 Å². The molecule has 7 heteroatoms. The Labute approximate surface area is 141 Å². The molecule has 2 rings (SSSR count). The molecule has 0 spiro atoms. The Balaban J connectivity index is 2.00. The second kappa shape index (κ2) is 7.72. The highest BCUT2D eigenvalue weighted by molar-refractivity contribution is 5.74. The maximum absolute atomic E-state index is 12.3. The molecule has 0 saturated heterocycles. The van der Waals surface area contributed by atoms with Crippen LogP contribution in [0.25, 0.3) is 0 Å². The number of aromatic nitrogens is 1. The first kappa shape index (κ1) is 17.7. The van der Waals surface area contributed by atoms with E-state index >= 15 is 0 Å².